The van der Waals surface area contributed by atoms with Crippen LogP contribution in [0.5, 0.6) is 0 Å². The molecule has 2 aromatic carbocycles. The lowest BCUT2D eigenvalue weighted by molar-refractivity contribution is -0.131. The van der Waals surface area contributed by atoms with Gasteiger partial charge in [-0.1, -0.05) is 29.8 Å². The Morgan fingerprint density at radius 1 is 1.00 bits per heavy atom. The second kappa shape index (κ2) is 6.29. The molecular formula is C19H19ClN2O2. The number of amides is 2. The molecule has 24 heavy (non-hydrogen) atoms. The molecule has 0 radical (unpaired) electrons. The standard InChI is InChI=1S/C19H19ClN2O2/c1-12-5-3-6-14(11-12)21-17(23)19(9-10-19)18(24)22-16-8-4-7-15(20)13(16)2/h3-8,11H,9-10H2,1-2H3,(H,21,23)(H,22,24). The zero-order chi connectivity index (χ0) is 17.3. The van der Waals surface area contributed by atoms with Crippen molar-refractivity contribution in [2.75, 3.05) is 10.6 Å². The number of hydrogen-bond acceptors (Lipinski definition) is 2. The van der Waals surface area contributed by atoms with Crippen molar-refractivity contribution >= 4 is 34.8 Å². The van der Waals surface area contributed by atoms with E-state index in [-0.39, 0.29) is 11.8 Å². The molecule has 2 aromatic rings. The lowest BCUT2D eigenvalue weighted by Gasteiger charge is -2.17. The Morgan fingerprint density at radius 2 is 1.67 bits per heavy atom. The number of anilines is 2. The Morgan fingerprint density at radius 3 is 2.33 bits per heavy atom. The highest BCUT2D eigenvalue weighted by Gasteiger charge is 2.56. The summed E-state index contributed by atoms with van der Waals surface area (Å²) in [4.78, 5) is 25.2. The molecule has 0 heterocycles. The largest absolute Gasteiger partial charge is 0.325 e. The molecule has 2 N–H and O–H groups in total. The van der Waals surface area contributed by atoms with Crippen molar-refractivity contribution in [2.24, 2.45) is 5.41 Å². The van der Waals surface area contributed by atoms with E-state index in [1.165, 1.54) is 0 Å². The van der Waals surface area contributed by atoms with Crippen molar-refractivity contribution in [2.45, 2.75) is 26.7 Å². The molecule has 0 aromatic heterocycles. The summed E-state index contributed by atoms with van der Waals surface area (Å²) < 4.78 is 0. The number of hydrogen-bond donors (Lipinski definition) is 2. The van der Waals surface area contributed by atoms with Crippen molar-refractivity contribution in [1.82, 2.24) is 0 Å². The van der Waals surface area contributed by atoms with Crippen molar-refractivity contribution in [3.05, 3.63) is 58.6 Å². The Balaban J connectivity index is 1.74. The second-order valence-corrected chi connectivity index (χ2v) is 6.68. The molecule has 2 amide bonds. The first-order valence-electron chi connectivity index (χ1n) is 7.87. The molecule has 1 aliphatic carbocycles. The molecule has 5 heteroatoms. The van der Waals surface area contributed by atoms with Crippen LogP contribution in [0, 0.1) is 19.3 Å². The monoisotopic (exact) mass is 342 g/mol. The lowest BCUT2D eigenvalue weighted by Crippen LogP contribution is -2.35. The lowest BCUT2D eigenvalue weighted by atomic mass is 10.0. The zero-order valence-corrected chi connectivity index (χ0v) is 14.4. The number of nitrogens with one attached hydrogen (secondary N) is 2. The topological polar surface area (TPSA) is 58.2 Å². The number of benzene rings is 2. The van der Waals surface area contributed by atoms with Crippen LogP contribution in [0.2, 0.25) is 5.02 Å². The van der Waals surface area contributed by atoms with Crippen LogP contribution in [0.4, 0.5) is 11.4 Å². The third-order valence-electron chi connectivity index (χ3n) is 4.41. The minimum absolute atomic E-state index is 0.259. The van der Waals surface area contributed by atoms with E-state index in [1.54, 1.807) is 18.2 Å². The van der Waals surface area contributed by atoms with Gasteiger partial charge in [-0.15, -0.1) is 0 Å². The fourth-order valence-electron chi connectivity index (χ4n) is 2.64. The van der Waals surface area contributed by atoms with Gasteiger partial charge in [0.1, 0.15) is 5.41 Å². The summed E-state index contributed by atoms with van der Waals surface area (Å²) in [7, 11) is 0. The quantitative estimate of drug-likeness (QED) is 0.813. The predicted octanol–water partition coefficient (Wildman–Crippen LogP) is 4.31. The van der Waals surface area contributed by atoms with E-state index in [4.69, 9.17) is 11.6 Å². The molecule has 0 spiro atoms. The van der Waals surface area contributed by atoms with Gasteiger partial charge in [-0.25, -0.2) is 0 Å². The Kier molecular flexibility index (Phi) is 4.33. The van der Waals surface area contributed by atoms with Gasteiger partial charge in [0, 0.05) is 16.4 Å². The molecule has 0 aliphatic heterocycles. The summed E-state index contributed by atoms with van der Waals surface area (Å²) in [5.41, 5.74) is 2.21. The first kappa shape index (κ1) is 16.5. The Labute approximate surface area is 146 Å². The molecule has 4 nitrogen and oxygen atoms in total. The summed E-state index contributed by atoms with van der Waals surface area (Å²) in [6.45, 7) is 3.79. The minimum atomic E-state index is -0.988. The van der Waals surface area contributed by atoms with Crippen LogP contribution >= 0.6 is 11.6 Å². The molecule has 124 valence electrons. The fourth-order valence-corrected chi connectivity index (χ4v) is 2.82. The molecule has 0 bridgehead atoms. The highest BCUT2D eigenvalue weighted by atomic mass is 35.5. The average Bonchev–Trinajstić information content (AvgIpc) is 3.34. The molecule has 0 saturated heterocycles. The maximum absolute atomic E-state index is 12.6. The van der Waals surface area contributed by atoms with E-state index >= 15 is 0 Å². The number of rotatable bonds is 4. The van der Waals surface area contributed by atoms with Gasteiger partial charge in [-0.05, 0) is 62.1 Å². The number of carbonyl (C=O) groups excluding carboxylic acids is 2. The van der Waals surface area contributed by atoms with Gasteiger partial charge in [-0.3, -0.25) is 9.59 Å². The van der Waals surface area contributed by atoms with Crippen molar-refractivity contribution in [1.29, 1.82) is 0 Å². The van der Waals surface area contributed by atoms with Gasteiger partial charge in [0.2, 0.25) is 11.8 Å². The maximum Gasteiger partial charge on any atom is 0.240 e. The van der Waals surface area contributed by atoms with Gasteiger partial charge in [0.15, 0.2) is 0 Å². The third-order valence-corrected chi connectivity index (χ3v) is 4.82. The van der Waals surface area contributed by atoms with E-state index in [0.29, 0.717) is 29.2 Å². The van der Waals surface area contributed by atoms with E-state index < -0.39 is 5.41 Å². The third kappa shape index (κ3) is 3.15. The Bertz CT molecular complexity index is 813. The second-order valence-electron chi connectivity index (χ2n) is 6.27. The molecule has 0 atom stereocenters. The van der Waals surface area contributed by atoms with Crippen LogP contribution < -0.4 is 10.6 Å². The number of halogens is 1. The summed E-state index contributed by atoms with van der Waals surface area (Å²) in [6.07, 6.45) is 1.10. The molecule has 3 rings (SSSR count). The predicted molar refractivity (Wildman–Crippen MR) is 96.3 cm³/mol. The first-order chi connectivity index (χ1) is 11.4. The normalized spacial score (nSPS) is 14.8. The first-order valence-corrected chi connectivity index (χ1v) is 8.25. The average molecular weight is 343 g/mol. The van der Waals surface area contributed by atoms with Crippen molar-refractivity contribution in [3.63, 3.8) is 0 Å². The molecule has 1 saturated carbocycles. The van der Waals surface area contributed by atoms with Gasteiger partial charge in [-0.2, -0.15) is 0 Å². The maximum atomic E-state index is 12.6. The number of carbonyl (C=O) groups is 2. The highest BCUT2D eigenvalue weighted by Crippen LogP contribution is 2.47. The van der Waals surface area contributed by atoms with Crippen molar-refractivity contribution in [3.8, 4) is 0 Å². The SMILES string of the molecule is Cc1cccc(NC(=O)C2(C(=O)Nc3cccc(Cl)c3C)CC2)c1. The summed E-state index contributed by atoms with van der Waals surface area (Å²) in [6, 6.07) is 12.9. The number of aryl methyl sites for hydroxylation is 1. The van der Waals surface area contributed by atoms with E-state index in [2.05, 4.69) is 10.6 Å². The smallest absolute Gasteiger partial charge is 0.240 e. The van der Waals surface area contributed by atoms with Crippen molar-refractivity contribution < 1.29 is 9.59 Å². The van der Waals surface area contributed by atoms with E-state index in [9.17, 15) is 9.59 Å². The highest BCUT2D eigenvalue weighted by molar-refractivity contribution is 6.31. The minimum Gasteiger partial charge on any atom is -0.325 e. The summed E-state index contributed by atoms with van der Waals surface area (Å²) in [5, 5.41) is 6.29. The van der Waals surface area contributed by atoms with Crippen LogP contribution in [-0.4, -0.2) is 11.8 Å². The van der Waals surface area contributed by atoms with E-state index in [1.807, 2.05) is 38.1 Å². The molecule has 0 unspecified atom stereocenters. The van der Waals surface area contributed by atoms with Gasteiger partial charge < -0.3 is 10.6 Å². The van der Waals surface area contributed by atoms with Crippen LogP contribution in [0.15, 0.2) is 42.5 Å². The fraction of sp³-hybridized carbons (Fsp3) is 0.263. The molecule has 1 fully saturated rings. The van der Waals surface area contributed by atoms with Crippen LogP contribution in [0.25, 0.3) is 0 Å². The van der Waals surface area contributed by atoms with Gasteiger partial charge >= 0.3 is 0 Å². The van der Waals surface area contributed by atoms with Gasteiger partial charge in [0.25, 0.3) is 0 Å². The molecular weight excluding hydrogens is 324 g/mol. The van der Waals surface area contributed by atoms with Crippen LogP contribution in [0.1, 0.15) is 24.0 Å². The summed E-state index contributed by atoms with van der Waals surface area (Å²) >= 11 is 6.08. The van der Waals surface area contributed by atoms with Crippen LogP contribution in [0.3, 0.4) is 0 Å². The summed E-state index contributed by atoms with van der Waals surface area (Å²) in [5.74, 6) is -0.539. The van der Waals surface area contributed by atoms with Gasteiger partial charge in [0.05, 0.1) is 0 Å². The zero-order valence-electron chi connectivity index (χ0n) is 13.7. The molecule has 1 aliphatic rings. The van der Waals surface area contributed by atoms with Crippen LogP contribution in [-0.2, 0) is 9.59 Å². The van der Waals surface area contributed by atoms with E-state index in [0.717, 1.165) is 11.1 Å². The Hall–Kier alpha value is -2.33.